The Morgan fingerprint density at radius 3 is 2.91 bits per heavy atom. The molecule has 0 spiro atoms. The lowest BCUT2D eigenvalue weighted by Crippen LogP contribution is -2.44. The van der Waals surface area contributed by atoms with E-state index < -0.39 is 6.04 Å². The minimum atomic E-state index is -0.447. The van der Waals surface area contributed by atoms with Gasteiger partial charge in [-0.25, -0.2) is 0 Å². The summed E-state index contributed by atoms with van der Waals surface area (Å²) in [5.74, 6) is 0.596. The SMILES string of the molecule is CNCC1CCCN1C(=O)C(C)n1nnc(-c2ccccc2)n1. The molecule has 1 aliphatic heterocycles. The van der Waals surface area contributed by atoms with Crippen LogP contribution in [0.25, 0.3) is 11.4 Å². The van der Waals surface area contributed by atoms with Gasteiger partial charge >= 0.3 is 0 Å². The van der Waals surface area contributed by atoms with Gasteiger partial charge in [0, 0.05) is 24.7 Å². The smallest absolute Gasteiger partial charge is 0.249 e. The van der Waals surface area contributed by atoms with Crippen molar-refractivity contribution in [3.63, 3.8) is 0 Å². The van der Waals surface area contributed by atoms with Gasteiger partial charge in [0.25, 0.3) is 0 Å². The second-order valence-electron chi connectivity index (χ2n) is 5.86. The highest BCUT2D eigenvalue weighted by Gasteiger charge is 2.32. The minimum Gasteiger partial charge on any atom is -0.337 e. The van der Waals surface area contributed by atoms with Gasteiger partial charge in [0.2, 0.25) is 11.7 Å². The Hall–Kier alpha value is -2.28. The highest BCUT2D eigenvalue weighted by Crippen LogP contribution is 2.21. The minimum absolute atomic E-state index is 0.0553. The van der Waals surface area contributed by atoms with Crippen molar-refractivity contribution in [3.8, 4) is 11.4 Å². The molecular weight excluding hydrogens is 292 g/mol. The molecule has 1 aliphatic rings. The zero-order chi connectivity index (χ0) is 16.2. The molecule has 0 aliphatic carbocycles. The van der Waals surface area contributed by atoms with Crippen LogP contribution in [0.4, 0.5) is 0 Å². The molecule has 1 N–H and O–H groups in total. The predicted molar refractivity (Wildman–Crippen MR) is 86.6 cm³/mol. The van der Waals surface area contributed by atoms with E-state index in [4.69, 9.17) is 0 Å². The first kappa shape index (κ1) is 15.6. The standard InChI is InChI=1S/C16H22N6O/c1-12(16(23)21-10-6-9-14(21)11-17-2)22-19-15(18-20-22)13-7-4-3-5-8-13/h3-5,7-8,12,14,17H,6,9-11H2,1-2H3. The number of tetrazole rings is 1. The van der Waals surface area contributed by atoms with Gasteiger partial charge in [-0.1, -0.05) is 30.3 Å². The molecule has 0 radical (unpaired) electrons. The van der Waals surface area contributed by atoms with Crippen molar-refractivity contribution in [1.82, 2.24) is 30.4 Å². The highest BCUT2D eigenvalue weighted by molar-refractivity contribution is 5.80. The van der Waals surface area contributed by atoms with Crippen LogP contribution in [0.3, 0.4) is 0 Å². The topological polar surface area (TPSA) is 75.9 Å². The average Bonchev–Trinajstić information content (AvgIpc) is 3.24. The van der Waals surface area contributed by atoms with Crippen LogP contribution in [-0.2, 0) is 4.79 Å². The molecule has 2 atom stereocenters. The van der Waals surface area contributed by atoms with E-state index in [1.807, 2.05) is 49.2 Å². The average molecular weight is 314 g/mol. The Labute approximate surface area is 135 Å². The number of benzene rings is 1. The number of hydrogen-bond donors (Lipinski definition) is 1. The zero-order valence-corrected chi connectivity index (χ0v) is 13.5. The van der Waals surface area contributed by atoms with Crippen molar-refractivity contribution >= 4 is 5.91 Å². The number of hydrogen-bond acceptors (Lipinski definition) is 5. The Balaban J connectivity index is 1.74. The van der Waals surface area contributed by atoms with Crippen molar-refractivity contribution < 1.29 is 4.79 Å². The van der Waals surface area contributed by atoms with E-state index in [9.17, 15) is 4.79 Å². The molecule has 122 valence electrons. The summed E-state index contributed by atoms with van der Waals surface area (Å²) in [6, 6.07) is 9.46. The largest absolute Gasteiger partial charge is 0.337 e. The fourth-order valence-corrected chi connectivity index (χ4v) is 3.00. The Bertz CT molecular complexity index is 656. The molecule has 1 aromatic carbocycles. The number of nitrogens with zero attached hydrogens (tertiary/aromatic N) is 5. The summed E-state index contributed by atoms with van der Waals surface area (Å²) in [5, 5.41) is 15.7. The van der Waals surface area contributed by atoms with Crippen LogP contribution in [0, 0.1) is 0 Å². The van der Waals surface area contributed by atoms with Crippen LogP contribution in [0.15, 0.2) is 30.3 Å². The van der Waals surface area contributed by atoms with Crippen LogP contribution in [0.1, 0.15) is 25.8 Å². The lowest BCUT2D eigenvalue weighted by molar-refractivity contribution is -0.135. The predicted octanol–water partition coefficient (Wildman–Crippen LogP) is 1.11. The number of rotatable bonds is 5. The second-order valence-corrected chi connectivity index (χ2v) is 5.86. The molecule has 23 heavy (non-hydrogen) atoms. The van der Waals surface area contributed by atoms with Crippen LogP contribution in [0.2, 0.25) is 0 Å². The first-order valence-corrected chi connectivity index (χ1v) is 8.00. The van der Waals surface area contributed by atoms with E-state index in [1.165, 1.54) is 4.80 Å². The first-order valence-electron chi connectivity index (χ1n) is 8.00. The fraction of sp³-hybridized carbons (Fsp3) is 0.500. The Morgan fingerprint density at radius 1 is 1.39 bits per heavy atom. The number of carbonyl (C=O) groups excluding carboxylic acids is 1. The molecule has 7 heteroatoms. The molecule has 1 amide bonds. The summed E-state index contributed by atoms with van der Waals surface area (Å²) in [6.07, 6.45) is 2.09. The number of likely N-dealkylation sites (tertiary alicyclic amines) is 1. The third kappa shape index (κ3) is 3.24. The van der Waals surface area contributed by atoms with Gasteiger partial charge in [-0.2, -0.15) is 4.80 Å². The number of nitrogens with one attached hydrogen (secondary N) is 1. The summed E-state index contributed by atoms with van der Waals surface area (Å²) < 4.78 is 0. The van der Waals surface area contributed by atoms with Gasteiger partial charge in [-0.15, -0.1) is 10.2 Å². The van der Waals surface area contributed by atoms with E-state index in [2.05, 4.69) is 20.7 Å². The highest BCUT2D eigenvalue weighted by atomic mass is 16.2. The third-order valence-corrected chi connectivity index (χ3v) is 4.26. The molecule has 0 bridgehead atoms. The molecule has 0 saturated carbocycles. The molecule has 2 aromatic rings. The van der Waals surface area contributed by atoms with E-state index in [-0.39, 0.29) is 11.9 Å². The van der Waals surface area contributed by atoms with Crippen molar-refractivity contribution in [2.24, 2.45) is 0 Å². The van der Waals surface area contributed by atoms with Gasteiger partial charge < -0.3 is 10.2 Å². The van der Waals surface area contributed by atoms with Crippen molar-refractivity contribution in [3.05, 3.63) is 30.3 Å². The van der Waals surface area contributed by atoms with E-state index in [1.54, 1.807) is 0 Å². The van der Waals surface area contributed by atoms with Crippen LogP contribution < -0.4 is 5.32 Å². The Morgan fingerprint density at radius 2 is 2.17 bits per heavy atom. The van der Waals surface area contributed by atoms with Gasteiger partial charge in [-0.05, 0) is 32.0 Å². The monoisotopic (exact) mass is 314 g/mol. The zero-order valence-electron chi connectivity index (χ0n) is 13.5. The molecule has 1 aromatic heterocycles. The lowest BCUT2D eigenvalue weighted by Gasteiger charge is -2.26. The van der Waals surface area contributed by atoms with E-state index in [0.29, 0.717) is 5.82 Å². The van der Waals surface area contributed by atoms with Gasteiger partial charge in [0.15, 0.2) is 0 Å². The molecule has 7 nitrogen and oxygen atoms in total. The summed E-state index contributed by atoms with van der Waals surface area (Å²) in [4.78, 5) is 16.1. The van der Waals surface area contributed by atoms with Crippen molar-refractivity contribution in [1.29, 1.82) is 0 Å². The van der Waals surface area contributed by atoms with E-state index >= 15 is 0 Å². The van der Waals surface area contributed by atoms with Crippen LogP contribution in [-0.4, -0.2) is 57.2 Å². The summed E-state index contributed by atoms with van der Waals surface area (Å²) in [5.41, 5.74) is 0.896. The van der Waals surface area contributed by atoms with Gasteiger partial charge in [-0.3, -0.25) is 4.79 Å². The van der Waals surface area contributed by atoms with Crippen LogP contribution >= 0.6 is 0 Å². The number of carbonyl (C=O) groups is 1. The molecule has 2 heterocycles. The Kier molecular flexibility index (Phi) is 4.66. The summed E-state index contributed by atoms with van der Waals surface area (Å²) in [6.45, 7) is 3.45. The summed E-state index contributed by atoms with van der Waals surface area (Å²) >= 11 is 0. The molecule has 1 fully saturated rings. The number of aromatic nitrogens is 4. The quantitative estimate of drug-likeness (QED) is 0.895. The number of likely N-dealkylation sites (N-methyl/N-ethyl adjacent to an activating group) is 1. The van der Waals surface area contributed by atoms with E-state index in [0.717, 1.165) is 31.5 Å². The molecule has 1 saturated heterocycles. The van der Waals surface area contributed by atoms with Gasteiger partial charge in [0.1, 0.15) is 6.04 Å². The fourth-order valence-electron chi connectivity index (χ4n) is 3.00. The van der Waals surface area contributed by atoms with Crippen molar-refractivity contribution in [2.45, 2.75) is 31.8 Å². The second kappa shape index (κ2) is 6.87. The molecule has 2 unspecified atom stereocenters. The van der Waals surface area contributed by atoms with Crippen molar-refractivity contribution in [2.75, 3.05) is 20.1 Å². The maximum Gasteiger partial charge on any atom is 0.249 e. The molecular formula is C16H22N6O. The number of amides is 1. The lowest BCUT2D eigenvalue weighted by atomic mass is 10.2. The normalized spacial score (nSPS) is 19.0. The maximum atomic E-state index is 12.7. The van der Waals surface area contributed by atoms with Crippen LogP contribution in [0.5, 0.6) is 0 Å². The molecule has 3 rings (SSSR count). The maximum absolute atomic E-state index is 12.7. The first-order chi connectivity index (χ1) is 11.2. The van der Waals surface area contributed by atoms with Gasteiger partial charge in [0.05, 0.1) is 0 Å². The third-order valence-electron chi connectivity index (χ3n) is 4.26. The summed E-state index contributed by atoms with van der Waals surface area (Å²) in [7, 11) is 1.91.